The van der Waals surface area contributed by atoms with Crippen molar-refractivity contribution in [3.63, 3.8) is 0 Å². The molecule has 1 aromatic carbocycles. The minimum absolute atomic E-state index is 0.173. The lowest BCUT2D eigenvalue weighted by Gasteiger charge is -2.35. The van der Waals surface area contributed by atoms with Gasteiger partial charge >= 0.3 is 6.09 Å². The number of H-pyrrole nitrogens is 1. The summed E-state index contributed by atoms with van der Waals surface area (Å²) in [6.07, 6.45) is 8.27. The lowest BCUT2D eigenvalue weighted by Crippen LogP contribution is -2.50. The molecule has 1 unspecified atom stereocenters. The number of aromatic amines is 1. The van der Waals surface area contributed by atoms with Crippen LogP contribution in [-0.2, 0) is 11.2 Å². The van der Waals surface area contributed by atoms with Gasteiger partial charge in [-0.15, -0.1) is 0 Å². The molecule has 194 valence electrons. The van der Waals surface area contributed by atoms with Crippen LogP contribution in [0.5, 0.6) is 0 Å². The average molecular weight is 511 g/mol. The molecule has 1 aliphatic rings. The lowest BCUT2D eigenvalue weighted by molar-refractivity contribution is 0.0240. The summed E-state index contributed by atoms with van der Waals surface area (Å²) in [4.78, 5) is 38.1. The van der Waals surface area contributed by atoms with E-state index in [0.717, 1.165) is 41.2 Å². The van der Waals surface area contributed by atoms with E-state index in [0.29, 0.717) is 38.5 Å². The standard InChI is InChI=1S/C28H38N4O3S/c1-5-6-9-20(16-21-18-29-23-11-8-7-10-22(21)23)17-24(33)25-19-30-26(36-25)31-12-14-32(15-13-31)27(34)35-28(2,3)4/h7-8,10-11,18-20,29H,5-6,9,12-17H2,1-4H3. The number of hydrogen-bond acceptors (Lipinski definition) is 6. The van der Waals surface area contributed by atoms with Crippen LogP contribution in [0.25, 0.3) is 10.9 Å². The summed E-state index contributed by atoms with van der Waals surface area (Å²) >= 11 is 1.47. The molecule has 0 spiro atoms. The maximum absolute atomic E-state index is 13.3. The molecule has 0 saturated carbocycles. The second-order valence-electron chi connectivity index (χ2n) is 10.7. The van der Waals surface area contributed by atoms with Crippen molar-refractivity contribution in [3.8, 4) is 0 Å². The van der Waals surface area contributed by atoms with Crippen LogP contribution in [0.4, 0.5) is 9.93 Å². The molecule has 0 aliphatic carbocycles. The largest absolute Gasteiger partial charge is 0.444 e. The number of piperazine rings is 1. The van der Waals surface area contributed by atoms with Gasteiger partial charge in [-0.2, -0.15) is 0 Å². The van der Waals surface area contributed by atoms with Crippen LogP contribution in [0.15, 0.2) is 36.7 Å². The molecule has 3 aromatic rings. The number of nitrogens with one attached hydrogen (secondary N) is 1. The summed E-state index contributed by atoms with van der Waals surface area (Å²) in [6.45, 7) is 10.4. The zero-order valence-corrected chi connectivity index (χ0v) is 22.7. The highest BCUT2D eigenvalue weighted by Gasteiger charge is 2.27. The molecular formula is C28H38N4O3S. The minimum Gasteiger partial charge on any atom is -0.444 e. The summed E-state index contributed by atoms with van der Waals surface area (Å²) in [6, 6.07) is 8.35. The van der Waals surface area contributed by atoms with E-state index < -0.39 is 5.60 Å². The number of carbonyl (C=O) groups is 2. The molecule has 4 rings (SSSR count). The molecular weight excluding hydrogens is 472 g/mol. The van der Waals surface area contributed by atoms with E-state index in [4.69, 9.17) is 4.74 Å². The number of carbonyl (C=O) groups excluding carboxylic acids is 2. The van der Waals surface area contributed by atoms with Crippen molar-refractivity contribution in [2.24, 2.45) is 5.92 Å². The van der Waals surface area contributed by atoms with Crippen molar-refractivity contribution in [1.82, 2.24) is 14.9 Å². The van der Waals surface area contributed by atoms with Crippen molar-refractivity contribution in [3.05, 3.63) is 47.1 Å². The molecule has 36 heavy (non-hydrogen) atoms. The topological polar surface area (TPSA) is 78.5 Å². The third kappa shape index (κ3) is 6.66. The molecule has 8 heteroatoms. The van der Waals surface area contributed by atoms with Crippen LogP contribution in [0.2, 0.25) is 0 Å². The fourth-order valence-corrected chi connectivity index (χ4v) is 5.61. The van der Waals surface area contributed by atoms with Crippen LogP contribution in [0.1, 0.15) is 68.6 Å². The number of ether oxygens (including phenoxy) is 1. The molecule has 0 bridgehead atoms. The highest BCUT2D eigenvalue weighted by Crippen LogP contribution is 2.29. The Hall–Kier alpha value is -2.87. The molecule has 1 saturated heterocycles. The van der Waals surface area contributed by atoms with Crippen molar-refractivity contribution in [1.29, 1.82) is 0 Å². The number of Topliss-reactive ketones (excluding diaryl/α,β-unsaturated/α-hetero) is 1. The van der Waals surface area contributed by atoms with Gasteiger partial charge in [0.05, 0.1) is 11.1 Å². The highest BCUT2D eigenvalue weighted by atomic mass is 32.1. The normalized spacial score (nSPS) is 15.3. The summed E-state index contributed by atoms with van der Waals surface area (Å²) in [5.74, 6) is 0.478. The number of unbranched alkanes of at least 4 members (excludes halogenated alkanes) is 1. The predicted octanol–water partition coefficient (Wildman–Crippen LogP) is 6.30. The van der Waals surface area contributed by atoms with Crippen LogP contribution in [0, 0.1) is 5.92 Å². The molecule has 1 aliphatic heterocycles. The number of aromatic nitrogens is 2. The number of rotatable bonds is 9. The summed E-state index contributed by atoms with van der Waals surface area (Å²) < 4.78 is 5.49. The minimum atomic E-state index is -0.498. The second-order valence-corrected chi connectivity index (χ2v) is 11.7. The molecule has 7 nitrogen and oxygen atoms in total. The van der Waals surface area contributed by atoms with Crippen molar-refractivity contribution in [2.75, 3.05) is 31.1 Å². The Balaban J connectivity index is 1.35. The van der Waals surface area contributed by atoms with E-state index in [9.17, 15) is 9.59 Å². The number of amides is 1. The van der Waals surface area contributed by atoms with Gasteiger partial charge in [0.15, 0.2) is 10.9 Å². The van der Waals surface area contributed by atoms with Gasteiger partial charge in [-0.3, -0.25) is 4.79 Å². The third-order valence-corrected chi connectivity index (χ3v) is 7.69. The zero-order valence-electron chi connectivity index (χ0n) is 21.9. The second kappa shape index (κ2) is 11.5. The summed E-state index contributed by atoms with van der Waals surface area (Å²) in [5.41, 5.74) is 1.93. The summed E-state index contributed by atoms with van der Waals surface area (Å²) in [5, 5.41) is 2.10. The average Bonchev–Trinajstić information content (AvgIpc) is 3.50. The van der Waals surface area contributed by atoms with Gasteiger partial charge in [0.1, 0.15) is 5.60 Å². The number of fused-ring (bicyclic) bond motifs is 1. The van der Waals surface area contributed by atoms with E-state index in [1.807, 2.05) is 26.8 Å². The Morgan fingerprint density at radius 1 is 1.17 bits per heavy atom. The maximum atomic E-state index is 13.3. The Bertz CT molecular complexity index is 1170. The molecule has 3 heterocycles. The number of thiazole rings is 1. The number of benzene rings is 1. The first kappa shape index (κ1) is 26.2. The Kier molecular flexibility index (Phi) is 8.34. The fourth-order valence-electron chi connectivity index (χ4n) is 4.69. The van der Waals surface area contributed by atoms with Crippen molar-refractivity contribution in [2.45, 2.75) is 65.4 Å². The van der Waals surface area contributed by atoms with E-state index in [2.05, 4.69) is 46.2 Å². The van der Waals surface area contributed by atoms with Crippen molar-refractivity contribution < 1.29 is 14.3 Å². The predicted molar refractivity (Wildman–Crippen MR) is 146 cm³/mol. The number of nitrogens with zero attached hydrogens (tertiary/aromatic N) is 3. The van der Waals surface area contributed by atoms with E-state index in [1.54, 1.807) is 11.1 Å². The van der Waals surface area contributed by atoms with Gasteiger partial charge in [-0.25, -0.2) is 9.78 Å². The fraction of sp³-hybridized carbons (Fsp3) is 0.536. The summed E-state index contributed by atoms with van der Waals surface area (Å²) in [7, 11) is 0. The van der Waals surface area contributed by atoms with Crippen LogP contribution >= 0.6 is 11.3 Å². The van der Waals surface area contributed by atoms with Gasteiger partial charge in [0.25, 0.3) is 0 Å². The first-order valence-electron chi connectivity index (χ1n) is 13.0. The molecule has 1 fully saturated rings. The number of ketones is 1. The van der Waals surface area contributed by atoms with Gasteiger partial charge in [-0.05, 0) is 51.2 Å². The Morgan fingerprint density at radius 2 is 1.92 bits per heavy atom. The van der Waals surface area contributed by atoms with Crippen LogP contribution < -0.4 is 4.90 Å². The lowest BCUT2D eigenvalue weighted by atomic mass is 9.89. The first-order valence-corrected chi connectivity index (χ1v) is 13.8. The number of anilines is 1. The molecule has 1 atom stereocenters. The van der Waals surface area contributed by atoms with E-state index in [-0.39, 0.29) is 11.9 Å². The third-order valence-electron chi connectivity index (χ3n) is 6.59. The SMILES string of the molecule is CCCCC(CC(=O)c1cnc(N2CCN(C(=O)OC(C)(C)C)CC2)s1)Cc1c[nH]c2ccccc12. The molecule has 2 aromatic heterocycles. The van der Waals surface area contributed by atoms with Gasteiger partial charge in [0.2, 0.25) is 0 Å². The highest BCUT2D eigenvalue weighted by molar-refractivity contribution is 7.17. The maximum Gasteiger partial charge on any atom is 0.410 e. The van der Waals surface area contributed by atoms with Gasteiger partial charge < -0.3 is 19.5 Å². The Labute approximate surface area is 217 Å². The zero-order chi connectivity index (χ0) is 25.7. The van der Waals surface area contributed by atoms with Gasteiger partial charge in [-0.1, -0.05) is 49.3 Å². The van der Waals surface area contributed by atoms with E-state index >= 15 is 0 Å². The van der Waals surface area contributed by atoms with Crippen LogP contribution in [-0.4, -0.2) is 58.5 Å². The number of para-hydroxylation sites is 1. The quantitative estimate of drug-likeness (QED) is 0.342. The molecule has 0 radical (unpaired) electrons. The molecule has 1 amide bonds. The monoisotopic (exact) mass is 510 g/mol. The van der Waals surface area contributed by atoms with Crippen molar-refractivity contribution >= 4 is 39.2 Å². The Morgan fingerprint density at radius 3 is 2.64 bits per heavy atom. The smallest absolute Gasteiger partial charge is 0.410 e. The molecule has 1 N–H and O–H groups in total. The first-order chi connectivity index (χ1) is 17.2. The van der Waals surface area contributed by atoms with E-state index in [1.165, 1.54) is 22.3 Å². The number of hydrogen-bond donors (Lipinski definition) is 1. The van der Waals surface area contributed by atoms with Gasteiger partial charge in [0, 0.05) is 49.7 Å². The van der Waals surface area contributed by atoms with Crippen LogP contribution in [0.3, 0.4) is 0 Å².